The Morgan fingerprint density at radius 3 is 2.69 bits per heavy atom. The van der Waals surface area contributed by atoms with E-state index in [9.17, 15) is 14.0 Å². The minimum absolute atomic E-state index is 0.113. The van der Waals surface area contributed by atoms with Gasteiger partial charge < -0.3 is 15.1 Å². The molecule has 1 saturated heterocycles. The van der Waals surface area contributed by atoms with Gasteiger partial charge in [0.05, 0.1) is 11.4 Å². The third-order valence-electron chi connectivity index (χ3n) is 5.68. The average Bonchev–Trinajstić information content (AvgIpc) is 3.13. The van der Waals surface area contributed by atoms with Crippen LogP contribution in [-0.2, 0) is 22.4 Å². The summed E-state index contributed by atoms with van der Waals surface area (Å²) in [6.07, 6.45) is 2.11. The molecule has 1 atom stereocenters. The lowest BCUT2D eigenvalue weighted by atomic mass is 9.90. The summed E-state index contributed by atoms with van der Waals surface area (Å²) in [5.74, 6) is -0.601. The van der Waals surface area contributed by atoms with E-state index in [2.05, 4.69) is 10.2 Å². The van der Waals surface area contributed by atoms with Crippen molar-refractivity contribution in [1.82, 2.24) is 9.88 Å². The Morgan fingerprint density at radius 2 is 2.00 bits per heavy atom. The van der Waals surface area contributed by atoms with Crippen LogP contribution >= 0.6 is 11.3 Å². The van der Waals surface area contributed by atoms with Crippen LogP contribution in [0.15, 0.2) is 18.2 Å². The predicted octanol–water partition coefficient (Wildman–Crippen LogP) is 3.00. The van der Waals surface area contributed by atoms with Gasteiger partial charge in [-0.25, -0.2) is 9.37 Å². The Hall–Kier alpha value is -2.48. The molecule has 6 nitrogen and oxygen atoms in total. The summed E-state index contributed by atoms with van der Waals surface area (Å²) in [4.78, 5) is 34.2. The molecule has 154 valence electrons. The fraction of sp³-hybridized carbons (Fsp3) is 0.476. The number of benzene rings is 1. The van der Waals surface area contributed by atoms with Crippen LogP contribution in [0.2, 0.25) is 0 Å². The molecular formula is C21H25FN4O2S. The van der Waals surface area contributed by atoms with Gasteiger partial charge in [-0.15, -0.1) is 11.3 Å². The zero-order valence-electron chi connectivity index (χ0n) is 16.7. The molecular weight excluding hydrogens is 391 g/mol. The second kappa shape index (κ2) is 8.10. The van der Waals surface area contributed by atoms with Crippen LogP contribution in [-0.4, -0.2) is 47.9 Å². The standard InChI is InChI=1S/C21H25FN4O2S/c1-13-3-5-17(16(22)11-13)23-20(28)15-4-6-18-19(12-15)29-21(24-18)26-9-7-25(8-10-26)14(2)27/h3,5,11,15H,4,6-10,12H2,1-2H3,(H,23,28)/t15-/m1/s1. The maximum atomic E-state index is 14.1. The van der Waals surface area contributed by atoms with Gasteiger partial charge in [0, 0.05) is 43.9 Å². The highest BCUT2D eigenvalue weighted by Gasteiger charge is 2.30. The molecule has 2 aliphatic rings. The lowest BCUT2D eigenvalue weighted by Gasteiger charge is -2.33. The number of halogens is 1. The second-order valence-corrected chi connectivity index (χ2v) is 8.83. The van der Waals surface area contributed by atoms with Crippen molar-refractivity contribution in [3.63, 3.8) is 0 Å². The number of nitrogens with one attached hydrogen (secondary N) is 1. The number of fused-ring (bicyclic) bond motifs is 1. The molecule has 2 heterocycles. The molecule has 1 aromatic heterocycles. The quantitative estimate of drug-likeness (QED) is 0.835. The Balaban J connectivity index is 1.40. The van der Waals surface area contributed by atoms with E-state index in [1.54, 1.807) is 30.4 Å². The molecule has 8 heteroatoms. The minimum atomic E-state index is -0.403. The largest absolute Gasteiger partial charge is 0.345 e. The summed E-state index contributed by atoms with van der Waals surface area (Å²) >= 11 is 1.64. The van der Waals surface area contributed by atoms with Gasteiger partial charge in [-0.05, 0) is 43.9 Å². The maximum Gasteiger partial charge on any atom is 0.227 e. The van der Waals surface area contributed by atoms with Gasteiger partial charge >= 0.3 is 0 Å². The molecule has 2 amide bonds. The first-order valence-corrected chi connectivity index (χ1v) is 10.8. The Kier molecular flexibility index (Phi) is 5.54. The van der Waals surface area contributed by atoms with Gasteiger partial charge in [-0.3, -0.25) is 9.59 Å². The maximum absolute atomic E-state index is 14.1. The smallest absolute Gasteiger partial charge is 0.227 e. The average molecular weight is 417 g/mol. The van der Waals surface area contributed by atoms with Crippen LogP contribution in [0, 0.1) is 18.7 Å². The van der Waals surface area contributed by atoms with Gasteiger partial charge in [0.2, 0.25) is 11.8 Å². The van der Waals surface area contributed by atoms with E-state index >= 15 is 0 Å². The van der Waals surface area contributed by atoms with E-state index in [0.717, 1.165) is 40.8 Å². The fourth-order valence-electron chi connectivity index (χ4n) is 3.89. The van der Waals surface area contributed by atoms with Gasteiger partial charge in [0.15, 0.2) is 5.13 Å². The highest BCUT2D eigenvalue weighted by atomic mass is 32.1. The van der Waals surface area contributed by atoms with Crippen molar-refractivity contribution in [3.05, 3.63) is 40.2 Å². The molecule has 1 fully saturated rings. The van der Waals surface area contributed by atoms with Crippen molar-refractivity contribution in [2.75, 3.05) is 36.4 Å². The van der Waals surface area contributed by atoms with Gasteiger partial charge in [0.1, 0.15) is 5.82 Å². The summed E-state index contributed by atoms with van der Waals surface area (Å²) < 4.78 is 14.1. The number of carbonyl (C=O) groups excluding carboxylic acids is 2. The Morgan fingerprint density at radius 1 is 1.24 bits per heavy atom. The zero-order chi connectivity index (χ0) is 20.5. The van der Waals surface area contributed by atoms with Crippen molar-refractivity contribution >= 4 is 34.0 Å². The number of nitrogens with zero attached hydrogens (tertiary/aromatic N) is 3. The van der Waals surface area contributed by atoms with E-state index in [-0.39, 0.29) is 23.4 Å². The highest BCUT2D eigenvalue weighted by Crippen LogP contribution is 2.35. The third kappa shape index (κ3) is 4.27. The number of carbonyl (C=O) groups is 2. The topological polar surface area (TPSA) is 65.5 Å². The summed E-state index contributed by atoms with van der Waals surface area (Å²) in [6.45, 7) is 6.41. The number of thiazole rings is 1. The van der Waals surface area contributed by atoms with Crippen molar-refractivity contribution in [2.45, 2.75) is 33.1 Å². The molecule has 1 aromatic carbocycles. The molecule has 0 saturated carbocycles. The fourth-order valence-corrected chi connectivity index (χ4v) is 5.13. The number of rotatable bonds is 3. The number of hydrogen-bond donors (Lipinski definition) is 1. The van der Waals surface area contributed by atoms with Crippen molar-refractivity contribution in [3.8, 4) is 0 Å². The van der Waals surface area contributed by atoms with E-state index in [1.165, 1.54) is 6.07 Å². The SMILES string of the molecule is CC(=O)N1CCN(c2nc3c(s2)C[C@H](C(=O)Nc2ccc(C)cc2F)CC3)CC1. The van der Waals surface area contributed by atoms with Crippen LogP contribution in [0.4, 0.5) is 15.2 Å². The monoisotopic (exact) mass is 416 g/mol. The second-order valence-electron chi connectivity index (χ2n) is 7.77. The van der Waals surface area contributed by atoms with Crippen LogP contribution in [0.5, 0.6) is 0 Å². The third-order valence-corrected chi connectivity index (χ3v) is 6.86. The lowest BCUT2D eigenvalue weighted by molar-refractivity contribution is -0.129. The molecule has 1 aliphatic heterocycles. The molecule has 2 aromatic rings. The number of aromatic nitrogens is 1. The summed E-state index contributed by atoms with van der Waals surface area (Å²) in [7, 11) is 0. The van der Waals surface area contributed by atoms with Crippen molar-refractivity contribution < 1.29 is 14.0 Å². The number of hydrogen-bond acceptors (Lipinski definition) is 5. The normalized spacial score (nSPS) is 19.1. The lowest BCUT2D eigenvalue weighted by Crippen LogP contribution is -2.48. The highest BCUT2D eigenvalue weighted by molar-refractivity contribution is 7.15. The van der Waals surface area contributed by atoms with E-state index < -0.39 is 5.82 Å². The first kappa shape index (κ1) is 19.8. The first-order chi connectivity index (χ1) is 13.9. The zero-order valence-corrected chi connectivity index (χ0v) is 17.5. The summed E-state index contributed by atoms with van der Waals surface area (Å²) in [5.41, 5.74) is 2.13. The molecule has 0 unspecified atom stereocenters. The Labute approximate surface area is 173 Å². The van der Waals surface area contributed by atoms with E-state index in [0.29, 0.717) is 25.9 Å². The molecule has 0 radical (unpaired) electrons. The van der Waals surface area contributed by atoms with Crippen LogP contribution < -0.4 is 10.2 Å². The van der Waals surface area contributed by atoms with Crippen LogP contribution in [0.3, 0.4) is 0 Å². The first-order valence-electron chi connectivity index (χ1n) is 9.97. The van der Waals surface area contributed by atoms with Crippen LogP contribution in [0.1, 0.15) is 29.5 Å². The summed E-state index contributed by atoms with van der Waals surface area (Å²) in [6, 6.07) is 4.83. The Bertz CT molecular complexity index is 937. The molecule has 0 spiro atoms. The number of piperazine rings is 1. The summed E-state index contributed by atoms with van der Waals surface area (Å²) in [5, 5.41) is 3.72. The number of amides is 2. The molecule has 0 bridgehead atoms. The van der Waals surface area contributed by atoms with Gasteiger partial charge in [-0.2, -0.15) is 0 Å². The minimum Gasteiger partial charge on any atom is -0.345 e. The molecule has 29 heavy (non-hydrogen) atoms. The van der Waals surface area contributed by atoms with E-state index in [1.807, 2.05) is 11.8 Å². The molecule has 1 N–H and O–H groups in total. The number of anilines is 2. The predicted molar refractivity (Wildman–Crippen MR) is 112 cm³/mol. The van der Waals surface area contributed by atoms with Crippen molar-refractivity contribution in [2.24, 2.45) is 5.92 Å². The van der Waals surface area contributed by atoms with Gasteiger partial charge in [0.25, 0.3) is 0 Å². The molecule has 4 rings (SSSR count). The van der Waals surface area contributed by atoms with E-state index in [4.69, 9.17) is 4.98 Å². The van der Waals surface area contributed by atoms with Crippen LogP contribution in [0.25, 0.3) is 0 Å². The molecule has 1 aliphatic carbocycles. The van der Waals surface area contributed by atoms with Gasteiger partial charge in [-0.1, -0.05) is 6.07 Å². The van der Waals surface area contributed by atoms with Crippen molar-refractivity contribution in [1.29, 1.82) is 0 Å². The number of aryl methyl sites for hydroxylation is 2.